The zero-order valence-electron chi connectivity index (χ0n) is 11.4. The molecule has 0 spiro atoms. The van der Waals surface area contributed by atoms with Crippen molar-refractivity contribution in [3.63, 3.8) is 0 Å². The number of pyridine rings is 1. The fraction of sp³-hybridized carbons (Fsp3) is 0.0625. The molecule has 0 aliphatic heterocycles. The molecule has 106 valence electrons. The third kappa shape index (κ3) is 2.58. The molecule has 21 heavy (non-hydrogen) atoms. The molecule has 0 radical (unpaired) electrons. The summed E-state index contributed by atoms with van der Waals surface area (Å²) in [6.45, 7) is 0. The third-order valence-corrected chi connectivity index (χ3v) is 3.55. The highest BCUT2D eigenvalue weighted by Crippen LogP contribution is 2.32. The maximum Gasteiger partial charge on any atom is 0.139 e. The van der Waals surface area contributed by atoms with E-state index in [1.165, 1.54) is 0 Å². The van der Waals surface area contributed by atoms with Crippen LogP contribution in [0.1, 0.15) is 0 Å². The average molecular weight is 300 g/mol. The van der Waals surface area contributed by atoms with Gasteiger partial charge < -0.3 is 15.8 Å². The van der Waals surface area contributed by atoms with Gasteiger partial charge in [0.05, 0.1) is 23.3 Å². The van der Waals surface area contributed by atoms with Crippen LogP contribution in [0.5, 0.6) is 5.75 Å². The third-order valence-electron chi connectivity index (χ3n) is 3.23. The molecule has 1 heterocycles. The van der Waals surface area contributed by atoms with Gasteiger partial charge in [0.1, 0.15) is 5.75 Å². The monoisotopic (exact) mass is 299 g/mol. The van der Waals surface area contributed by atoms with Gasteiger partial charge in [-0.3, -0.25) is 4.98 Å². The number of aromatic nitrogens is 1. The normalized spacial score (nSPS) is 10.6. The van der Waals surface area contributed by atoms with Crippen molar-refractivity contribution >= 4 is 39.6 Å². The number of methoxy groups -OCH3 is 1. The highest BCUT2D eigenvalue weighted by atomic mass is 35.5. The molecule has 4 nitrogen and oxygen atoms in total. The summed E-state index contributed by atoms with van der Waals surface area (Å²) >= 11 is 6.03. The largest absolute Gasteiger partial charge is 0.495 e. The molecule has 0 amide bonds. The van der Waals surface area contributed by atoms with Gasteiger partial charge >= 0.3 is 0 Å². The summed E-state index contributed by atoms with van der Waals surface area (Å²) in [6, 6.07) is 13.1. The molecule has 1 aromatic heterocycles. The lowest BCUT2D eigenvalue weighted by molar-refractivity contribution is 0.415. The molecular formula is C16H14ClN3O. The Kier molecular flexibility index (Phi) is 3.54. The number of anilines is 3. The van der Waals surface area contributed by atoms with Gasteiger partial charge in [-0.1, -0.05) is 11.6 Å². The van der Waals surface area contributed by atoms with Gasteiger partial charge in [0.2, 0.25) is 0 Å². The number of nitrogens with zero attached hydrogens (tertiary/aromatic N) is 1. The SMILES string of the molecule is COc1cc(Nc2ccc(N)c3cccnc23)ccc1Cl. The summed E-state index contributed by atoms with van der Waals surface area (Å²) in [5.41, 5.74) is 9.26. The van der Waals surface area contributed by atoms with Gasteiger partial charge in [-0.05, 0) is 36.4 Å². The van der Waals surface area contributed by atoms with E-state index in [1.54, 1.807) is 19.4 Å². The minimum atomic E-state index is 0.573. The van der Waals surface area contributed by atoms with Crippen molar-refractivity contribution in [1.29, 1.82) is 0 Å². The Morgan fingerprint density at radius 2 is 2.05 bits per heavy atom. The molecule has 0 bridgehead atoms. The number of nitrogen functional groups attached to an aromatic ring is 1. The quantitative estimate of drug-likeness (QED) is 0.711. The van der Waals surface area contributed by atoms with Crippen LogP contribution >= 0.6 is 11.6 Å². The Hall–Kier alpha value is -2.46. The van der Waals surface area contributed by atoms with Crippen molar-refractivity contribution in [2.45, 2.75) is 0 Å². The first-order chi connectivity index (χ1) is 10.2. The lowest BCUT2D eigenvalue weighted by Crippen LogP contribution is -1.96. The van der Waals surface area contributed by atoms with E-state index in [1.807, 2.05) is 36.4 Å². The molecule has 3 rings (SSSR count). The zero-order valence-corrected chi connectivity index (χ0v) is 12.2. The van der Waals surface area contributed by atoms with E-state index >= 15 is 0 Å². The van der Waals surface area contributed by atoms with E-state index < -0.39 is 0 Å². The van der Waals surface area contributed by atoms with Crippen LogP contribution in [-0.2, 0) is 0 Å². The Labute approximate surface area is 127 Å². The number of hydrogen-bond donors (Lipinski definition) is 2. The molecule has 0 unspecified atom stereocenters. The summed E-state index contributed by atoms with van der Waals surface area (Å²) in [5, 5.41) is 4.81. The van der Waals surface area contributed by atoms with Gasteiger partial charge in [0, 0.05) is 29.0 Å². The molecule has 3 aromatic rings. The Balaban J connectivity index is 2.04. The first-order valence-corrected chi connectivity index (χ1v) is 6.80. The minimum absolute atomic E-state index is 0.573. The number of rotatable bonds is 3. The number of hydrogen-bond acceptors (Lipinski definition) is 4. The van der Waals surface area contributed by atoms with E-state index in [9.17, 15) is 0 Å². The van der Waals surface area contributed by atoms with E-state index in [4.69, 9.17) is 22.1 Å². The molecule has 5 heteroatoms. The van der Waals surface area contributed by atoms with Crippen LogP contribution in [0, 0.1) is 0 Å². The second-order valence-electron chi connectivity index (χ2n) is 4.58. The van der Waals surface area contributed by atoms with E-state index in [0.717, 1.165) is 22.3 Å². The van der Waals surface area contributed by atoms with Crippen LogP contribution in [-0.4, -0.2) is 12.1 Å². The second-order valence-corrected chi connectivity index (χ2v) is 4.98. The van der Waals surface area contributed by atoms with Gasteiger partial charge in [0.15, 0.2) is 0 Å². The number of nitrogens with one attached hydrogen (secondary N) is 1. The van der Waals surface area contributed by atoms with Crippen LogP contribution in [0.4, 0.5) is 17.1 Å². The molecule has 0 aliphatic rings. The number of halogens is 1. The summed E-state index contributed by atoms with van der Waals surface area (Å²) in [7, 11) is 1.59. The fourth-order valence-corrected chi connectivity index (χ4v) is 2.38. The summed E-state index contributed by atoms with van der Waals surface area (Å²) in [6.07, 6.45) is 1.75. The average Bonchev–Trinajstić information content (AvgIpc) is 2.52. The van der Waals surface area contributed by atoms with Crippen LogP contribution in [0.3, 0.4) is 0 Å². The van der Waals surface area contributed by atoms with Gasteiger partial charge in [-0.25, -0.2) is 0 Å². The standard InChI is InChI=1S/C16H14ClN3O/c1-21-15-9-10(4-5-12(15)17)20-14-7-6-13(18)11-3-2-8-19-16(11)14/h2-9,20H,18H2,1H3. The van der Waals surface area contributed by atoms with Crippen LogP contribution in [0.25, 0.3) is 10.9 Å². The van der Waals surface area contributed by atoms with Gasteiger partial charge in [-0.2, -0.15) is 0 Å². The second kappa shape index (κ2) is 5.50. The van der Waals surface area contributed by atoms with Crippen molar-refractivity contribution in [3.05, 3.63) is 53.7 Å². The first-order valence-electron chi connectivity index (χ1n) is 6.43. The van der Waals surface area contributed by atoms with Crippen molar-refractivity contribution in [1.82, 2.24) is 4.98 Å². The Morgan fingerprint density at radius 3 is 2.86 bits per heavy atom. The van der Waals surface area contributed by atoms with Crippen LogP contribution in [0.2, 0.25) is 5.02 Å². The fourth-order valence-electron chi connectivity index (χ4n) is 2.19. The topological polar surface area (TPSA) is 60.2 Å². The zero-order chi connectivity index (χ0) is 14.8. The van der Waals surface area contributed by atoms with Crippen molar-refractivity contribution in [2.75, 3.05) is 18.2 Å². The molecule has 0 saturated carbocycles. The molecule has 0 atom stereocenters. The highest BCUT2D eigenvalue weighted by Gasteiger charge is 2.07. The highest BCUT2D eigenvalue weighted by molar-refractivity contribution is 6.32. The predicted molar refractivity (Wildman–Crippen MR) is 87.4 cm³/mol. The van der Waals surface area contributed by atoms with Gasteiger partial charge in [-0.15, -0.1) is 0 Å². The van der Waals surface area contributed by atoms with Crippen molar-refractivity contribution in [2.24, 2.45) is 0 Å². The molecule has 3 N–H and O–H groups in total. The van der Waals surface area contributed by atoms with Gasteiger partial charge in [0.25, 0.3) is 0 Å². The molecule has 0 fully saturated rings. The van der Waals surface area contributed by atoms with E-state index in [2.05, 4.69) is 10.3 Å². The lowest BCUT2D eigenvalue weighted by atomic mass is 10.1. The summed E-state index contributed by atoms with van der Waals surface area (Å²) < 4.78 is 5.22. The molecule has 2 aromatic carbocycles. The summed E-state index contributed by atoms with van der Waals surface area (Å²) in [4.78, 5) is 4.40. The number of nitrogens with two attached hydrogens (primary N) is 1. The number of fused-ring (bicyclic) bond motifs is 1. The van der Waals surface area contributed by atoms with Crippen molar-refractivity contribution < 1.29 is 4.74 Å². The molecular weight excluding hydrogens is 286 g/mol. The van der Waals surface area contributed by atoms with Crippen LogP contribution in [0.15, 0.2) is 48.7 Å². The first kappa shape index (κ1) is 13.5. The van der Waals surface area contributed by atoms with Crippen LogP contribution < -0.4 is 15.8 Å². The lowest BCUT2D eigenvalue weighted by Gasteiger charge is -2.12. The minimum Gasteiger partial charge on any atom is -0.495 e. The Morgan fingerprint density at radius 1 is 1.19 bits per heavy atom. The smallest absolute Gasteiger partial charge is 0.139 e. The number of benzene rings is 2. The Bertz CT molecular complexity index is 805. The molecule has 0 saturated heterocycles. The number of ether oxygens (including phenoxy) is 1. The maximum atomic E-state index is 6.03. The summed E-state index contributed by atoms with van der Waals surface area (Å²) in [5.74, 6) is 0.620. The maximum absolute atomic E-state index is 6.03. The molecule has 0 aliphatic carbocycles. The van der Waals surface area contributed by atoms with Crippen molar-refractivity contribution in [3.8, 4) is 5.75 Å². The van der Waals surface area contributed by atoms with E-state index in [0.29, 0.717) is 16.5 Å². The van der Waals surface area contributed by atoms with E-state index in [-0.39, 0.29) is 0 Å². The predicted octanol–water partition coefficient (Wildman–Crippen LogP) is 4.22.